The van der Waals surface area contributed by atoms with Crippen molar-refractivity contribution >= 4 is 11.8 Å². The highest BCUT2D eigenvalue weighted by Gasteiger charge is 2.32. The first kappa shape index (κ1) is 9.07. The fourth-order valence-electron chi connectivity index (χ4n) is 1.73. The van der Waals surface area contributed by atoms with Gasteiger partial charge in [-0.25, -0.2) is 0 Å². The van der Waals surface area contributed by atoms with Crippen LogP contribution in [0.15, 0.2) is 24.5 Å². The molecule has 0 spiro atoms. The number of aromatic nitrogens is 1. The molecular weight excluding hydrogens is 178 g/mol. The van der Waals surface area contributed by atoms with E-state index in [9.17, 15) is 0 Å². The molecule has 2 heteroatoms. The molecule has 2 rings (SSSR count). The van der Waals surface area contributed by atoms with Crippen LogP contribution in [0.3, 0.4) is 0 Å². The van der Waals surface area contributed by atoms with Gasteiger partial charge in [-0.2, -0.15) is 11.8 Å². The van der Waals surface area contributed by atoms with E-state index in [1.165, 1.54) is 17.7 Å². The molecule has 0 radical (unpaired) electrons. The summed E-state index contributed by atoms with van der Waals surface area (Å²) in [5.74, 6) is 1.27. The van der Waals surface area contributed by atoms with E-state index < -0.39 is 0 Å². The summed E-state index contributed by atoms with van der Waals surface area (Å²) in [6, 6.07) is 4.22. The van der Waals surface area contributed by atoms with Crippen LogP contribution in [0.2, 0.25) is 0 Å². The van der Waals surface area contributed by atoms with Gasteiger partial charge in [-0.15, -0.1) is 0 Å². The van der Waals surface area contributed by atoms with E-state index in [2.05, 4.69) is 36.7 Å². The lowest BCUT2D eigenvalue weighted by atomic mass is 9.89. The van der Waals surface area contributed by atoms with E-state index in [1.807, 2.05) is 18.5 Å². The van der Waals surface area contributed by atoms with Crippen LogP contribution in [0.1, 0.15) is 31.1 Å². The SMILES string of the molecule is CC1(C)CSC(c2cccnc2)C1. The molecule has 1 nitrogen and oxygen atoms in total. The summed E-state index contributed by atoms with van der Waals surface area (Å²) in [5.41, 5.74) is 1.89. The molecule has 1 fully saturated rings. The van der Waals surface area contributed by atoms with Gasteiger partial charge in [0, 0.05) is 17.6 Å². The zero-order chi connectivity index (χ0) is 9.31. The number of thioether (sulfide) groups is 1. The number of nitrogens with zero attached hydrogens (tertiary/aromatic N) is 1. The average Bonchev–Trinajstić information content (AvgIpc) is 2.48. The lowest BCUT2D eigenvalue weighted by molar-refractivity contribution is 0.406. The van der Waals surface area contributed by atoms with Gasteiger partial charge < -0.3 is 0 Å². The molecule has 0 bridgehead atoms. The molecule has 1 aromatic heterocycles. The first-order chi connectivity index (χ1) is 6.17. The zero-order valence-corrected chi connectivity index (χ0v) is 8.97. The van der Waals surface area contributed by atoms with E-state index in [-0.39, 0.29) is 0 Å². The molecule has 0 saturated carbocycles. The molecule has 0 aliphatic carbocycles. The number of hydrogen-bond acceptors (Lipinski definition) is 2. The highest BCUT2D eigenvalue weighted by atomic mass is 32.2. The van der Waals surface area contributed by atoms with Crippen molar-refractivity contribution in [3.63, 3.8) is 0 Å². The number of hydrogen-bond donors (Lipinski definition) is 0. The Kier molecular flexibility index (Phi) is 2.33. The maximum atomic E-state index is 4.16. The lowest BCUT2D eigenvalue weighted by Gasteiger charge is -2.15. The highest BCUT2D eigenvalue weighted by Crippen LogP contribution is 2.48. The van der Waals surface area contributed by atoms with Crippen LogP contribution in [0.4, 0.5) is 0 Å². The lowest BCUT2D eigenvalue weighted by Crippen LogP contribution is -2.08. The maximum Gasteiger partial charge on any atom is 0.0318 e. The normalized spacial score (nSPS) is 26.2. The van der Waals surface area contributed by atoms with Gasteiger partial charge in [0.05, 0.1) is 0 Å². The van der Waals surface area contributed by atoms with Gasteiger partial charge in [0.25, 0.3) is 0 Å². The summed E-state index contributed by atoms with van der Waals surface area (Å²) in [5, 5.41) is 0.670. The van der Waals surface area contributed by atoms with Gasteiger partial charge in [-0.1, -0.05) is 19.9 Å². The quantitative estimate of drug-likeness (QED) is 0.679. The molecule has 0 amide bonds. The molecule has 1 unspecified atom stereocenters. The fraction of sp³-hybridized carbons (Fsp3) is 0.545. The predicted molar refractivity (Wildman–Crippen MR) is 57.8 cm³/mol. The van der Waals surface area contributed by atoms with Crippen LogP contribution in [-0.4, -0.2) is 10.7 Å². The summed E-state index contributed by atoms with van der Waals surface area (Å²) >= 11 is 2.06. The third-order valence-corrected chi connectivity index (χ3v) is 4.26. The first-order valence-electron chi connectivity index (χ1n) is 4.69. The second kappa shape index (κ2) is 3.33. The smallest absolute Gasteiger partial charge is 0.0318 e. The fourth-order valence-corrected chi connectivity index (χ4v) is 3.40. The molecule has 70 valence electrons. The van der Waals surface area contributed by atoms with Crippen LogP contribution in [-0.2, 0) is 0 Å². The van der Waals surface area contributed by atoms with E-state index >= 15 is 0 Å². The van der Waals surface area contributed by atoms with Gasteiger partial charge in [-0.3, -0.25) is 4.98 Å². The standard InChI is InChI=1S/C11H15NS/c1-11(2)6-10(13-8-11)9-4-3-5-12-7-9/h3-5,7,10H,6,8H2,1-2H3. The third-order valence-electron chi connectivity index (χ3n) is 2.47. The Morgan fingerprint density at radius 3 is 2.92 bits per heavy atom. The Morgan fingerprint density at radius 1 is 1.54 bits per heavy atom. The minimum atomic E-state index is 0.505. The Morgan fingerprint density at radius 2 is 2.38 bits per heavy atom. The van der Waals surface area contributed by atoms with Gasteiger partial charge in [0.1, 0.15) is 0 Å². The number of pyridine rings is 1. The van der Waals surface area contributed by atoms with Crippen LogP contribution in [0, 0.1) is 5.41 Å². The van der Waals surface area contributed by atoms with Crippen LogP contribution in [0.5, 0.6) is 0 Å². The van der Waals surface area contributed by atoms with Crippen molar-refractivity contribution in [2.45, 2.75) is 25.5 Å². The molecule has 0 aromatic carbocycles. The Bertz CT molecular complexity index is 281. The van der Waals surface area contributed by atoms with E-state index in [4.69, 9.17) is 0 Å². The average molecular weight is 193 g/mol. The van der Waals surface area contributed by atoms with Crippen molar-refractivity contribution in [3.8, 4) is 0 Å². The monoisotopic (exact) mass is 193 g/mol. The molecule has 1 atom stereocenters. The largest absolute Gasteiger partial charge is 0.264 e. The Balaban J connectivity index is 2.13. The molecule has 2 heterocycles. The summed E-state index contributed by atoms with van der Waals surface area (Å²) < 4.78 is 0. The summed E-state index contributed by atoms with van der Waals surface area (Å²) in [6.45, 7) is 4.69. The molecule has 13 heavy (non-hydrogen) atoms. The minimum Gasteiger partial charge on any atom is -0.264 e. The molecule has 1 aliphatic rings. The molecule has 0 N–H and O–H groups in total. The first-order valence-corrected chi connectivity index (χ1v) is 5.74. The van der Waals surface area contributed by atoms with Crippen molar-refractivity contribution in [1.29, 1.82) is 0 Å². The second-order valence-electron chi connectivity index (χ2n) is 4.45. The van der Waals surface area contributed by atoms with Crippen molar-refractivity contribution < 1.29 is 0 Å². The van der Waals surface area contributed by atoms with Gasteiger partial charge in [0.2, 0.25) is 0 Å². The minimum absolute atomic E-state index is 0.505. The Hall–Kier alpha value is -0.500. The van der Waals surface area contributed by atoms with Gasteiger partial charge in [0.15, 0.2) is 0 Å². The van der Waals surface area contributed by atoms with Crippen LogP contribution >= 0.6 is 11.8 Å². The maximum absolute atomic E-state index is 4.16. The Labute approximate surface area is 84.0 Å². The van der Waals surface area contributed by atoms with Crippen LogP contribution in [0.25, 0.3) is 0 Å². The second-order valence-corrected chi connectivity index (χ2v) is 5.65. The number of rotatable bonds is 1. The molecule has 1 saturated heterocycles. The molecular formula is C11H15NS. The van der Waals surface area contributed by atoms with Crippen molar-refractivity contribution in [3.05, 3.63) is 30.1 Å². The van der Waals surface area contributed by atoms with E-state index in [1.54, 1.807) is 0 Å². The summed E-state index contributed by atoms with van der Waals surface area (Å²) in [7, 11) is 0. The van der Waals surface area contributed by atoms with Gasteiger partial charge in [-0.05, 0) is 29.2 Å². The molecule has 1 aliphatic heterocycles. The van der Waals surface area contributed by atoms with E-state index in [0.717, 1.165) is 0 Å². The van der Waals surface area contributed by atoms with Crippen molar-refractivity contribution in [2.75, 3.05) is 5.75 Å². The zero-order valence-electron chi connectivity index (χ0n) is 8.16. The molecule has 1 aromatic rings. The third kappa shape index (κ3) is 2.05. The van der Waals surface area contributed by atoms with Crippen molar-refractivity contribution in [2.24, 2.45) is 5.41 Å². The van der Waals surface area contributed by atoms with Crippen molar-refractivity contribution in [1.82, 2.24) is 4.98 Å². The summed E-state index contributed by atoms with van der Waals surface area (Å²) in [6.07, 6.45) is 5.12. The summed E-state index contributed by atoms with van der Waals surface area (Å²) in [4.78, 5) is 4.16. The van der Waals surface area contributed by atoms with Crippen LogP contribution < -0.4 is 0 Å². The van der Waals surface area contributed by atoms with Gasteiger partial charge >= 0.3 is 0 Å². The predicted octanol–water partition coefficient (Wildman–Crippen LogP) is 3.29. The highest BCUT2D eigenvalue weighted by molar-refractivity contribution is 7.99. The topological polar surface area (TPSA) is 12.9 Å². The van der Waals surface area contributed by atoms with E-state index in [0.29, 0.717) is 10.7 Å².